The summed E-state index contributed by atoms with van der Waals surface area (Å²) in [6.07, 6.45) is 0. The third-order valence-corrected chi connectivity index (χ3v) is 3.90. The first-order chi connectivity index (χ1) is 7.96. The van der Waals surface area contributed by atoms with Crippen LogP contribution in [0.3, 0.4) is 0 Å². The van der Waals surface area contributed by atoms with Crippen LogP contribution in [0.4, 0.5) is 11.4 Å². The number of rotatable bonds is 6. The summed E-state index contributed by atoms with van der Waals surface area (Å²) < 4.78 is 25.0. The van der Waals surface area contributed by atoms with E-state index in [0.717, 1.165) is 5.69 Å². The van der Waals surface area contributed by atoms with Crippen LogP contribution < -0.4 is 15.4 Å². The molecule has 0 saturated carbocycles. The van der Waals surface area contributed by atoms with Gasteiger partial charge in [-0.3, -0.25) is 0 Å². The second-order valence-corrected chi connectivity index (χ2v) is 5.87. The van der Waals surface area contributed by atoms with Crippen molar-refractivity contribution < 1.29 is 8.42 Å². The van der Waals surface area contributed by atoms with E-state index in [-0.39, 0.29) is 5.75 Å². The molecule has 0 atom stereocenters. The number of nitrogens with two attached hydrogens (primary N) is 1. The van der Waals surface area contributed by atoms with E-state index in [0.29, 0.717) is 18.8 Å². The molecule has 1 aromatic carbocycles. The average Bonchev–Trinajstić information content (AvgIpc) is 2.29. The zero-order valence-electron chi connectivity index (χ0n) is 10.2. The fourth-order valence-corrected chi connectivity index (χ4v) is 2.03. The van der Waals surface area contributed by atoms with Crippen LogP contribution in [0, 0.1) is 0 Å². The first kappa shape index (κ1) is 13.8. The third-order valence-electron chi connectivity index (χ3n) is 2.50. The Kier molecular flexibility index (Phi) is 4.77. The lowest BCUT2D eigenvalue weighted by Gasteiger charge is -2.21. The molecule has 0 saturated heterocycles. The molecule has 0 radical (unpaired) electrons. The zero-order valence-corrected chi connectivity index (χ0v) is 11.0. The molecule has 5 nitrogen and oxygen atoms in total. The maximum Gasteiger partial charge on any atom is 0.211 e. The van der Waals surface area contributed by atoms with Gasteiger partial charge in [-0.1, -0.05) is 12.1 Å². The number of anilines is 2. The van der Waals surface area contributed by atoms with E-state index < -0.39 is 10.0 Å². The Labute approximate surface area is 103 Å². The van der Waals surface area contributed by atoms with E-state index >= 15 is 0 Å². The van der Waals surface area contributed by atoms with Crippen molar-refractivity contribution in [2.24, 2.45) is 0 Å². The van der Waals surface area contributed by atoms with Crippen molar-refractivity contribution in [3.8, 4) is 0 Å². The first-order valence-electron chi connectivity index (χ1n) is 5.49. The average molecular weight is 257 g/mol. The van der Waals surface area contributed by atoms with Gasteiger partial charge in [0.25, 0.3) is 0 Å². The van der Waals surface area contributed by atoms with E-state index in [1.165, 1.54) is 0 Å². The van der Waals surface area contributed by atoms with Crippen LogP contribution in [-0.4, -0.2) is 34.3 Å². The van der Waals surface area contributed by atoms with Crippen molar-refractivity contribution in [1.82, 2.24) is 4.72 Å². The Morgan fingerprint density at radius 2 is 2.00 bits per heavy atom. The van der Waals surface area contributed by atoms with E-state index in [4.69, 9.17) is 5.73 Å². The molecule has 0 heterocycles. The highest BCUT2D eigenvalue weighted by Gasteiger charge is 2.07. The minimum Gasteiger partial charge on any atom is -0.397 e. The lowest BCUT2D eigenvalue weighted by Crippen LogP contribution is -2.34. The number of hydrogen-bond donors (Lipinski definition) is 2. The van der Waals surface area contributed by atoms with Crippen LogP contribution in [0.15, 0.2) is 24.3 Å². The largest absolute Gasteiger partial charge is 0.397 e. The maximum absolute atomic E-state index is 11.2. The molecule has 0 aliphatic carbocycles. The van der Waals surface area contributed by atoms with Crippen LogP contribution in [0.5, 0.6) is 0 Å². The maximum atomic E-state index is 11.2. The molecule has 0 fully saturated rings. The van der Waals surface area contributed by atoms with Crippen LogP contribution in [-0.2, 0) is 10.0 Å². The standard InChI is InChI=1S/C11H19N3O2S/c1-3-17(15,16)13-8-9-14(2)11-7-5-4-6-10(11)12/h4-7,13H,3,8-9,12H2,1-2H3. The smallest absolute Gasteiger partial charge is 0.211 e. The van der Waals surface area contributed by atoms with Crippen molar-refractivity contribution in [2.45, 2.75) is 6.92 Å². The fourth-order valence-electron chi connectivity index (χ4n) is 1.43. The molecule has 0 amide bonds. The highest BCUT2D eigenvalue weighted by Crippen LogP contribution is 2.20. The summed E-state index contributed by atoms with van der Waals surface area (Å²) in [5.41, 5.74) is 7.42. The molecule has 0 spiro atoms. The van der Waals surface area contributed by atoms with Gasteiger partial charge in [-0.05, 0) is 19.1 Å². The number of benzene rings is 1. The Hall–Kier alpha value is -1.27. The molecule has 0 bridgehead atoms. The summed E-state index contributed by atoms with van der Waals surface area (Å²) in [6, 6.07) is 7.50. The molecule has 3 N–H and O–H groups in total. The monoisotopic (exact) mass is 257 g/mol. The minimum absolute atomic E-state index is 0.101. The van der Waals surface area contributed by atoms with Crippen LogP contribution in [0.1, 0.15) is 6.92 Å². The Balaban J connectivity index is 2.51. The van der Waals surface area contributed by atoms with Gasteiger partial charge in [0.1, 0.15) is 0 Å². The second kappa shape index (κ2) is 5.88. The Morgan fingerprint density at radius 1 is 1.35 bits per heavy atom. The van der Waals surface area contributed by atoms with Crippen LogP contribution in [0.2, 0.25) is 0 Å². The summed E-state index contributed by atoms with van der Waals surface area (Å²) in [5, 5.41) is 0. The van der Waals surface area contributed by atoms with Crippen LogP contribution >= 0.6 is 0 Å². The highest BCUT2D eigenvalue weighted by molar-refractivity contribution is 7.89. The van der Waals surface area contributed by atoms with E-state index in [9.17, 15) is 8.42 Å². The van der Waals surface area contributed by atoms with E-state index in [1.54, 1.807) is 6.92 Å². The van der Waals surface area contributed by atoms with Crippen LogP contribution in [0.25, 0.3) is 0 Å². The number of hydrogen-bond acceptors (Lipinski definition) is 4. The lowest BCUT2D eigenvalue weighted by molar-refractivity contribution is 0.583. The number of likely N-dealkylation sites (N-methyl/N-ethyl adjacent to an activating group) is 1. The number of nitrogens with one attached hydrogen (secondary N) is 1. The molecular weight excluding hydrogens is 238 g/mol. The molecule has 1 rings (SSSR count). The molecule has 0 unspecified atom stereocenters. The Morgan fingerprint density at radius 3 is 2.59 bits per heavy atom. The SMILES string of the molecule is CCS(=O)(=O)NCCN(C)c1ccccc1N. The molecule has 96 valence electrons. The molecule has 6 heteroatoms. The predicted molar refractivity (Wildman–Crippen MR) is 71.6 cm³/mol. The number of para-hydroxylation sites is 2. The second-order valence-electron chi connectivity index (χ2n) is 3.78. The Bertz CT molecular complexity index is 460. The van der Waals surface area contributed by atoms with Gasteiger partial charge in [0, 0.05) is 20.1 Å². The molecule has 0 aromatic heterocycles. The fraction of sp³-hybridized carbons (Fsp3) is 0.455. The van der Waals surface area contributed by atoms with Crippen molar-refractivity contribution in [1.29, 1.82) is 0 Å². The first-order valence-corrected chi connectivity index (χ1v) is 7.14. The number of nitrogen functional groups attached to an aromatic ring is 1. The highest BCUT2D eigenvalue weighted by atomic mass is 32.2. The van der Waals surface area contributed by atoms with Gasteiger partial charge in [0.05, 0.1) is 17.1 Å². The quantitative estimate of drug-likeness (QED) is 0.734. The van der Waals surface area contributed by atoms with Gasteiger partial charge < -0.3 is 10.6 Å². The molecule has 0 aliphatic rings. The summed E-state index contributed by atoms with van der Waals surface area (Å²) >= 11 is 0. The number of nitrogens with zero attached hydrogens (tertiary/aromatic N) is 1. The van der Waals surface area contributed by atoms with E-state index in [2.05, 4.69) is 4.72 Å². The number of sulfonamides is 1. The molecular formula is C11H19N3O2S. The topological polar surface area (TPSA) is 75.4 Å². The molecule has 1 aromatic rings. The third kappa shape index (κ3) is 4.24. The summed E-state index contributed by atoms with van der Waals surface area (Å²) in [7, 11) is -1.23. The van der Waals surface area contributed by atoms with Crippen molar-refractivity contribution in [3.05, 3.63) is 24.3 Å². The van der Waals surface area contributed by atoms with Gasteiger partial charge >= 0.3 is 0 Å². The van der Waals surface area contributed by atoms with E-state index in [1.807, 2.05) is 36.2 Å². The summed E-state index contributed by atoms with van der Waals surface area (Å²) in [5.74, 6) is 0.101. The summed E-state index contributed by atoms with van der Waals surface area (Å²) in [4.78, 5) is 1.92. The lowest BCUT2D eigenvalue weighted by atomic mass is 10.2. The van der Waals surface area contributed by atoms with Gasteiger partial charge in [0.2, 0.25) is 10.0 Å². The normalized spacial score (nSPS) is 11.4. The summed E-state index contributed by atoms with van der Waals surface area (Å²) in [6.45, 7) is 2.57. The molecule has 0 aliphatic heterocycles. The van der Waals surface area contributed by atoms with Gasteiger partial charge in [-0.15, -0.1) is 0 Å². The minimum atomic E-state index is -3.12. The van der Waals surface area contributed by atoms with Gasteiger partial charge in [0.15, 0.2) is 0 Å². The predicted octanol–water partition coefficient (Wildman–Crippen LogP) is 0.644. The van der Waals surface area contributed by atoms with Gasteiger partial charge in [-0.2, -0.15) is 0 Å². The van der Waals surface area contributed by atoms with Crippen molar-refractivity contribution in [2.75, 3.05) is 36.5 Å². The van der Waals surface area contributed by atoms with Crippen molar-refractivity contribution >= 4 is 21.4 Å². The molecule has 17 heavy (non-hydrogen) atoms. The van der Waals surface area contributed by atoms with Gasteiger partial charge in [-0.25, -0.2) is 13.1 Å². The van der Waals surface area contributed by atoms with Crippen molar-refractivity contribution in [3.63, 3.8) is 0 Å². The zero-order chi connectivity index (χ0) is 12.9.